The smallest absolute Gasteiger partial charge is 0.271 e. The summed E-state index contributed by atoms with van der Waals surface area (Å²) >= 11 is 0. The lowest BCUT2D eigenvalue weighted by molar-refractivity contribution is 0.0945. The average molecular weight is 338 g/mol. The average Bonchev–Trinajstić information content (AvgIpc) is 2.66. The highest BCUT2D eigenvalue weighted by Gasteiger charge is 2.22. The van der Waals surface area contributed by atoms with Gasteiger partial charge in [0.1, 0.15) is 11.5 Å². The lowest BCUT2D eigenvalue weighted by Gasteiger charge is -2.35. The molecule has 5 nitrogen and oxygen atoms in total. The van der Waals surface area contributed by atoms with Crippen LogP contribution >= 0.6 is 0 Å². The molecule has 0 bridgehead atoms. The maximum Gasteiger partial charge on any atom is 0.271 e. The molecule has 0 saturated carbocycles. The van der Waals surface area contributed by atoms with Gasteiger partial charge in [0, 0.05) is 19.1 Å². The molecule has 1 aliphatic heterocycles. The number of hydrogen-bond acceptors (Lipinski definition) is 4. The molecule has 1 aromatic heterocycles. The first-order valence-electron chi connectivity index (χ1n) is 9.10. The molecule has 0 aliphatic carbocycles. The molecule has 1 amide bonds. The summed E-state index contributed by atoms with van der Waals surface area (Å²) in [4.78, 5) is 23.4. The summed E-state index contributed by atoms with van der Waals surface area (Å²) in [6.45, 7) is 5.77. The molecule has 1 N–H and O–H groups in total. The highest BCUT2D eigenvalue weighted by atomic mass is 16.1. The Bertz CT molecular complexity index is 714. The third kappa shape index (κ3) is 4.35. The number of nitrogens with one attached hydrogen (secondary N) is 1. The number of anilines is 1. The van der Waals surface area contributed by atoms with E-state index in [0.29, 0.717) is 18.3 Å². The molecule has 1 fully saturated rings. The molecule has 0 spiro atoms. The molecule has 3 rings (SSSR count). The van der Waals surface area contributed by atoms with Crippen molar-refractivity contribution in [2.45, 2.75) is 52.1 Å². The highest BCUT2D eigenvalue weighted by Crippen LogP contribution is 2.24. The number of hydrogen-bond donors (Lipinski definition) is 1. The van der Waals surface area contributed by atoms with E-state index in [0.717, 1.165) is 24.3 Å². The number of benzene rings is 1. The van der Waals surface area contributed by atoms with E-state index in [1.807, 2.05) is 25.1 Å². The second-order valence-electron chi connectivity index (χ2n) is 6.68. The van der Waals surface area contributed by atoms with Crippen LogP contribution in [0.2, 0.25) is 0 Å². The summed E-state index contributed by atoms with van der Waals surface area (Å²) in [5, 5.41) is 2.91. The lowest BCUT2D eigenvalue weighted by atomic mass is 10.0. The van der Waals surface area contributed by atoms with Crippen molar-refractivity contribution >= 4 is 11.7 Å². The Labute approximate surface area is 149 Å². The molecule has 132 valence electrons. The zero-order valence-electron chi connectivity index (χ0n) is 15.0. The van der Waals surface area contributed by atoms with Gasteiger partial charge >= 0.3 is 0 Å². The van der Waals surface area contributed by atoms with Gasteiger partial charge in [-0.15, -0.1) is 0 Å². The molecule has 2 aromatic rings. The van der Waals surface area contributed by atoms with E-state index in [2.05, 4.69) is 33.2 Å². The Morgan fingerprint density at radius 1 is 1.28 bits per heavy atom. The van der Waals surface area contributed by atoms with Crippen LogP contribution in [0.4, 0.5) is 5.82 Å². The zero-order chi connectivity index (χ0) is 17.6. The van der Waals surface area contributed by atoms with Gasteiger partial charge in [-0.1, -0.05) is 36.8 Å². The normalized spacial score (nSPS) is 17.4. The number of aryl methyl sites for hydroxylation is 1. The first-order chi connectivity index (χ1) is 12.2. The van der Waals surface area contributed by atoms with Gasteiger partial charge in [0.15, 0.2) is 0 Å². The van der Waals surface area contributed by atoms with E-state index in [4.69, 9.17) is 0 Å². The molecule has 25 heavy (non-hydrogen) atoms. The Balaban J connectivity index is 1.62. The molecule has 1 aromatic carbocycles. The third-order valence-corrected chi connectivity index (χ3v) is 4.80. The summed E-state index contributed by atoms with van der Waals surface area (Å²) in [5.74, 6) is 0.688. The van der Waals surface area contributed by atoms with Crippen LogP contribution in [0.25, 0.3) is 0 Å². The van der Waals surface area contributed by atoms with Gasteiger partial charge in [0.2, 0.25) is 0 Å². The topological polar surface area (TPSA) is 58.1 Å². The second kappa shape index (κ2) is 8.10. The maximum atomic E-state index is 12.3. The third-order valence-electron chi connectivity index (χ3n) is 4.80. The van der Waals surface area contributed by atoms with Gasteiger partial charge in [-0.25, -0.2) is 9.97 Å². The van der Waals surface area contributed by atoms with E-state index in [9.17, 15) is 4.79 Å². The first-order valence-corrected chi connectivity index (χ1v) is 9.10. The summed E-state index contributed by atoms with van der Waals surface area (Å²) in [6, 6.07) is 8.64. The van der Waals surface area contributed by atoms with Crippen molar-refractivity contribution in [1.29, 1.82) is 0 Å². The van der Waals surface area contributed by atoms with Gasteiger partial charge in [0.25, 0.3) is 5.91 Å². The van der Waals surface area contributed by atoms with Crippen molar-refractivity contribution in [3.63, 3.8) is 0 Å². The monoisotopic (exact) mass is 338 g/mol. The summed E-state index contributed by atoms with van der Waals surface area (Å²) in [6.07, 6.45) is 8.11. The molecule has 0 radical (unpaired) electrons. The van der Waals surface area contributed by atoms with Crippen molar-refractivity contribution in [2.75, 3.05) is 11.4 Å². The van der Waals surface area contributed by atoms with Crippen LogP contribution in [0, 0.1) is 6.92 Å². The van der Waals surface area contributed by atoms with Crippen LogP contribution < -0.4 is 10.2 Å². The zero-order valence-corrected chi connectivity index (χ0v) is 15.0. The van der Waals surface area contributed by atoms with Crippen LogP contribution in [0.1, 0.15) is 54.2 Å². The van der Waals surface area contributed by atoms with Crippen LogP contribution in [-0.2, 0) is 6.54 Å². The summed E-state index contributed by atoms with van der Waals surface area (Å²) < 4.78 is 0. The number of piperidine rings is 1. The van der Waals surface area contributed by atoms with Crippen LogP contribution in [0.5, 0.6) is 0 Å². The summed E-state index contributed by atoms with van der Waals surface area (Å²) in [7, 11) is 0. The van der Waals surface area contributed by atoms with Gasteiger partial charge in [0.05, 0.1) is 12.4 Å². The van der Waals surface area contributed by atoms with E-state index < -0.39 is 0 Å². The van der Waals surface area contributed by atoms with Crippen LogP contribution in [0.15, 0.2) is 36.7 Å². The Morgan fingerprint density at radius 3 is 2.88 bits per heavy atom. The van der Waals surface area contributed by atoms with Crippen molar-refractivity contribution in [3.05, 3.63) is 53.5 Å². The molecule has 1 atom stereocenters. The molecular weight excluding hydrogens is 312 g/mol. The Hall–Kier alpha value is -2.43. The van der Waals surface area contributed by atoms with E-state index in [-0.39, 0.29) is 5.91 Å². The van der Waals surface area contributed by atoms with Gasteiger partial charge in [-0.05, 0) is 38.2 Å². The highest BCUT2D eigenvalue weighted by molar-refractivity contribution is 5.91. The number of carbonyl (C=O) groups excluding carboxylic acids is 1. The Morgan fingerprint density at radius 2 is 2.16 bits per heavy atom. The fraction of sp³-hybridized carbons (Fsp3) is 0.450. The molecule has 1 unspecified atom stereocenters. The molecular formula is C20H26N4O. The minimum absolute atomic E-state index is 0.189. The predicted molar refractivity (Wildman–Crippen MR) is 99.7 cm³/mol. The van der Waals surface area contributed by atoms with Crippen molar-refractivity contribution in [1.82, 2.24) is 15.3 Å². The quantitative estimate of drug-likeness (QED) is 0.907. The van der Waals surface area contributed by atoms with Crippen LogP contribution in [-0.4, -0.2) is 28.5 Å². The largest absolute Gasteiger partial charge is 0.352 e. The minimum atomic E-state index is -0.189. The van der Waals surface area contributed by atoms with E-state index >= 15 is 0 Å². The second-order valence-corrected chi connectivity index (χ2v) is 6.68. The first kappa shape index (κ1) is 17.4. The standard InChI is InChI=1S/C20H26N4O/c1-3-17-9-4-5-10-24(17)19-14-21-18(13-22-19)20(25)23-12-16-8-6-7-15(2)11-16/h6-8,11,13-14,17H,3-5,9-10,12H2,1-2H3,(H,23,25). The maximum absolute atomic E-state index is 12.3. The van der Waals surface area contributed by atoms with Crippen molar-refractivity contribution in [2.24, 2.45) is 0 Å². The molecule has 1 saturated heterocycles. The fourth-order valence-electron chi connectivity index (χ4n) is 3.41. The number of rotatable bonds is 5. The number of carbonyl (C=O) groups is 1. The SMILES string of the molecule is CCC1CCCCN1c1cnc(C(=O)NCc2cccc(C)c2)cn1. The Kier molecular flexibility index (Phi) is 5.64. The number of amides is 1. The van der Waals surface area contributed by atoms with Crippen molar-refractivity contribution < 1.29 is 4.79 Å². The lowest BCUT2D eigenvalue weighted by Crippen LogP contribution is -2.39. The molecule has 1 aliphatic rings. The summed E-state index contributed by atoms with van der Waals surface area (Å²) in [5.41, 5.74) is 2.63. The number of aromatic nitrogens is 2. The number of nitrogens with zero attached hydrogens (tertiary/aromatic N) is 3. The van der Waals surface area contributed by atoms with Crippen LogP contribution in [0.3, 0.4) is 0 Å². The predicted octanol–water partition coefficient (Wildman–Crippen LogP) is 3.48. The fourth-order valence-corrected chi connectivity index (χ4v) is 3.41. The molecule has 5 heteroatoms. The van der Waals surface area contributed by atoms with Gasteiger partial charge < -0.3 is 10.2 Å². The molecule has 2 heterocycles. The van der Waals surface area contributed by atoms with Gasteiger partial charge in [-0.3, -0.25) is 4.79 Å². The van der Waals surface area contributed by atoms with Gasteiger partial charge in [-0.2, -0.15) is 0 Å². The minimum Gasteiger partial charge on any atom is -0.352 e. The van der Waals surface area contributed by atoms with E-state index in [1.165, 1.54) is 24.8 Å². The van der Waals surface area contributed by atoms with E-state index in [1.54, 1.807) is 12.4 Å². The van der Waals surface area contributed by atoms with Crippen molar-refractivity contribution in [3.8, 4) is 0 Å².